The topological polar surface area (TPSA) is 44.7 Å². The number of nitrogens with one attached hydrogen (secondary N) is 1. The first-order valence-corrected chi connectivity index (χ1v) is 9.53. The maximum Gasteiger partial charge on any atom is 0.273 e. The van der Waals surface area contributed by atoms with Crippen molar-refractivity contribution < 1.29 is 4.79 Å². The average Bonchev–Trinajstić information content (AvgIpc) is 2.88. The average molecular weight is 368 g/mol. The molecule has 1 saturated heterocycles. The molecule has 1 aliphatic heterocycles. The van der Waals surface area contributed by atoms with Crippen LogP contribution in [0.1, 0.15) is 50.5 Å². The van der Waals surface area contributed by atoms with Gasteiger partial charge in [0.05, 0.1) is 5.69 Å². The molecular formula is C21H25N3OS. The van der Waals surface area contributed by atoms with Crippen LogP contribution in [0.4, 0.5) is 5.69 Å². The van der Waals surface area contributed by atoms with E-state index in [0.717, 1.165) is 10.9 Å². The number of thioether (sulfide) groups is 1. The fraction of sp³-hybridized carbons (Fsp3) is 0.333. The number of hydrogen-bond acceptors (Lipinski definition) is 3. The second kappa shape index (κ2) is 6.80. The van der Waals surface area contributed by atoms with Gasteiger partial charge in [0.25, 0.3) is 5.91 Å². The van der Waals surface area contributed by atoms with E-state index in [1.165, 1.54) is 5.56 Å². The second-order valence-electron chi connectivity index (χ2n) is 7.88. The van der Waals surface area contributed by atoms with Crippen molar-refractivity contribution in [2.75, 3.05) is 0 Å². The number of carbonyl (C=O) groups is 1. The van der Waals surface area contributed by atoms with Crippen molar-refractivity contribution in [2.45, 2.75) is 44.9 Å². The zero-order valence-corrected chi connectivity index (χ0v) is 16.7. The van der Waals surface area contributed by atoms with E-state index >= 15 is 0 Å². The highest BCUT2D eigenvalue weighted by molar-refractivity contribution is 8.15. The third-order valence-corrected chi connectivity index (χ3v) is 5.34. The minimum absolute atomic E-state index is 0.0544. The zero-order chi connectivity index (χ0) is 18.9. The van der Waals surface area contributed by atoms with Crippen LogP contribution in [0.15, 0.2) is 59.6 Å². The van der Waals surface area contributed by atoms with Gasteiger partial charge in [-0.15, -0.1) is 0 Å². The van der Waals surface area contributed by atoms with Gasteiger partial charge in [0.1, 0.15) is 4.87 Å². The summed E-state index contributed by atoms with van der Waals surface area (Å²) in [5.41, 5.74) is 5.98. The molecule has 0 saturated carbocycles. The van der Waals surface area contributed by atoms with Crippen LogP contribution in [-0.4, -0.2) is 21.0 Å². The molecule has 1 N–H and O–H groups in total. The number of rotatable bonds is 2. The van der Waals surface area contributed by atoms with Crippen LogP contribution in [0.25, 0.3) is 0 Å². The number of amidine groups is 1. The third-order valence-electron chi connectivity index (χ3n) is 4.28. The van der Waals surface area contributed by atoms with Gasteiger partial charge in [-0.25, -0.2) is 10.0 Å². The van der Waals surface area contributed by atoms with Gasteiger partial charge >= 0.3 is 0 Å². The van der Waals surface area contributed by atoms with E-state index in [1.54, 1.807) is 16.8 Å². The van der Waals surface area contributed by atoms with E-state index in [1.807, 2.05) is 68.4 Å². The van der Waals surface area contributed by atoms with Gasteiger partial charge in [0.2, 0.25) is 0 Å². The van der Waals surface area contributed by atoms with E-state index in [2.05, 4.69) is 31.2 Å². The molecule has 0 bridgehead atoms. The lowest BCUT2D eigenvalue weighted by molar-refractivity contribution is 0.0631. The predicted molar refractivity (Wildman–Crippen MR) is 110 cm³/mol. The first kappa shape index (κ1) is 18.5. The fourth-order valence-electron chi connectivity index (χ4n) is 2.74. The van der Waals surface area contributed by atoms with Crippen molar-refractivity contribution in [2.24, 2.45) is 4.99 Å². The van der Waals surface area contributed by atoms with Crippen LogP contribution in [-0.2, 0) is 5.41 Å². The van der Waals surface area contributed by atoms with E-state index in [-0.39, 0.29) is 11.3 Å². The molecule has 5 heteroatoms. The number of para-hydroxylation sites is 1. The molecule has 0 aliphatic carbocycles. The van der Waals surface area contributed by atoms with Gasteiger partial charge in [0, 0.05) is 5.56 Å². The fourth-order valence-corrected chi connectivity index (χ4v) is 3.72. The summed E-state index contributed by atoms with van der Waals surface area (Å²) in [7, 11) is 0. The molecule has 0 radical (unpaired) electrons. The number of benzene rings is 2. The molecule has 136 valence electrons. The van der Waals surface area contributed by atoms with Crippen LogP contribution < -0.4 is 5.43 Å². The van der Waals surface area contributed by atoms with Crippen molar-refractivity contribution in [1.29, 1.82) is 0 Å². The Kier molecular flexibility index (Phi) is 4.84. The highest BCUT2D eigenvalue weighted by Gasteiger charge is 2.41. The molecule has 1 aliphatic rings. The monoisotopic (exact) mass is 367 g/mol. The number of nitrogens with zero attached hydrogens (tertiary/aromatic N) is 2. The Morgan fingerprint density at radius 3 is 2.23 bits per heavy atom. The normalized spacial score (nSPS) is 18.0. The molecule has 0 aromatic heterocycles. The lowest BCUT2D eigenvalue weighted by atomic mass is 9.86. The number of hydrogen-bond donors (Lipinski definition) is 1. The first-order chi connectivity index (χ1) is 12.2. The van der Waals surface area contributed by atoms with E-state index in [4.69, 9.17) is 0 Å². The molecule has 2 aromatic rings. The summed E-state index contributed by atoms with van der Waals surface area (Å²) in [6.45, 7) is 10.5. The van der Waals surface area contributed by atoms with E-state index in [9.17, 15) is 4.79 Å². The molecule has 1 amide bonds. The lowest BCUT2D eigenvalue weighted by Gasteiger charge is -2.28. The number of carbonyl (C=O) groups excluding carboxylic acids is 1. The Morgan fingerprint density at radius 2 is 1.65 bits per heavy atom. The van der Waals surface area contributed by atoms with E-state index < -0.39 is 4.87 Å². The number of hydrazine groups is 1. The molecule has 1 heterocycles. The van der Waals surface area contributed by atoms with Crippen LogP contribution in [0.5, 0.6) is 0 Å². The molecule has 3 rings (SSSR count). The Bertz CT molecular complexity index is 821. The minimum Gasteiger partial charge on any atom is -0.272 e. The Morgan fingerprint density at radius 1 is 1.04 bits per heavy atom. The van der Waals surface area contributed by atoms with Gasteiger partial charge in [0.15, 0.2) is 5.17 Å². The number of aliphatic imine (C=N–C) groups is 1. The largest absolute Gasteiger partial charge is 0.273 e. The smallest absolute Gasteiger partial charge is 0.272 e. The molecular weight excluding hydrogens is 342 g/mol. The van der Waals surface area contributed by atoms with Crippen LogP contribution in [0.2, 0.25) is 0 Å². The standard InChI is InChI=1S/C21H25N3OS/c1-20(2,3)16-13-11-15(12-14-16)18(25)24-21(4,5)26-19(23-24)22-17-9-7-6-8-10-17/h6-14H,1-5H3,(H,22,23). The van der Waals surface area contributed by atoms with Crippen molar-refractivity contribution in [3.63, 3.8) is 0 Å². The SMILES string of the molecule is CC(C)(C)c1ccc(C(=O)N2NC(=Nc3ccccc3)SC2(C)C)cc1. The summed E-state index contributed by atoms with van der Waals surface area (Å²) in [6.07, 6.45) is 0. The highest BCUT2D eigenvalue weighted by atomic mass is 32.2. The predicted octanol–water partition coefficient (Wildman–Crippen LogP) is 5.10. The molecule has 26 heavy (non-hydrogen) atoms. The molecule has 1 fully saturated rings. The summed E-state index contributed by atoms with van der Waals surface area (Å²) in [4.78, 5) is 17.2. The third kappa shape index (κ3) is 3.93. The zero-order valence-electron chi connectivity index (χ0n) is 15.9. The van der Waals surface area contributed by atoms with Crippen molar-refractivity contribution in [3.05, 3.63) is 65.7 Å². The lowest BCUT2D eigenvalue weighted by Crippen LogP contribution is -2.47. The van der Waals surface area contributed by atoms with Gasteiger partial charge in [-0.3, -0.25) is 10.2 Å². The molecule has 0 spiro atoms. The molecule has 2 aromatic carbocycles. The van der Waals surface area contributed by atoms with E-state index in [0.29, 0.717) is 5.56 Å². The minimum atomic E-state index is -0.423. The van der Waals surface area contributed by atoms with Gasteiger partial charge in [-0.2, -0.15) is 0 Å². The van der Waals surface area contributed by atoms with Gasteiger partial charge < -0.3 is 0 Å². The van der Waals surface area contributed by atoms with Crippen molar-refractivity contribution in [1.82, 2.24) is 10.4 Å². The molecule has 0 unspecified atom stereocenters. The van der Waals surface area contributed by atoms with Crippen LogP contribution >= 0.6 is 11.8 Å². The summed E-state index contributed by atoms with van der Waals surface area (Å²) in [5, 5.41) is 2.38. The Balaban J connectivity index is 1.82. The summed E-state index contributed by atoms with van der Waals surface area (Å²) < 4.78 is 0. The van der Waals surface area contributed by atoms with Crippen LogP contribution in [0, 0.1) is 0 Å². The Hall–Kier alpha value is -2.27. The van der Waals surface area contributed by atoms with Crippen molar-refractivity contribution >= 4 is 28.5 Å². The summed E-state index contributed by atoms with van der Waals surface area (Å²) >= 11 is 1.55. The summed E-state index contributed by atoms with van der Waals surface area (Å²) in [6, 6.07) is 17.6. The van der Waals surface area contributed by atoms with Crippen molar-refractivity contribution in [3.8, 4) is 0 Å². The van der Waals surface area contributed by atoms with Gasteiger partial charge in [-0.1, -0.05) is 62.9 Å². The molecule has 0 atom stereocenters. The summed E-state index contributed by atoms with van der Waals surface area (Å²) in [5.74, 6) is -0.0544. The molecule has 4 nitrogen and oxygen atoms in total. The maximum atomic E-state index is 13.0. The maximum absolute atomic E-state index is 13.0. The highest BCUT2D eigenvalue weighted by Crippen LogP contribution is 2.36. The second-order valence-corrected chi connectivity index (χ2v) is 9.47. The Labute approximate surface area is 159 Å². The quantitative estimate of drug-likeness (QED) is 0.803. The first-order valence-electron chi connectivity index (χ1n) is 8.71. The van der Waals surface area contributed by atoms with Gasteiger partial charge in [-0.05, 0) is 49.1 Å². The van der Waals surface area contributed by atoms with Crippen LogP contribution in [0.3, 0.4) is 0 Å². The number of amides is 1.